The van der Waals surface area contributed by atoms with Crippen molar-refractivity contribution in [2.75, 3.05) is 19.8 Å². The smallest absolute Gasteiger partial charge is 0.223 e. The summed E-state index contributed by atoms with van der Waals surface area (Å²) in [5, 5.41) is 10.1. The second-order valence-corrected chi connectivity index (χ2v) is 5.71. The summed E-state index contributed by atoms with van der Waals surface area (Å²) in [5.74, 6) is 0.578. The molecule has 0 aromatic rings. The minimum atomic E-state index is -0.316. The predicted octanol–water partition coefficient (Wildman–Crippen LogP) is 1.36. The fourth-order valence-corrected chi connectivity index (χ4v) is 1.81. The second kappa shape index (κ2) is 5.75. The van der Waals surface area contributed by atoms with E-state index in [1.807, 2.05) is 13.2 Å². The van der Waals surface area contributed by atoms with Crippen molar-refractivity contribution in [3.8, 4) is 0 Å². The summed E-state index contributed by atoms with van der Waals surface area (Å²) in [6, 6.07) is 0. The zero-order valence-electron chi connectivity index (χ0n) is 9.77. The summed E-state index contributed by atoms with van der Waals surface area (Å²) >= 11 is 1.70. The first-order valence-electron chi connectivity index (χ1n) is 5.49. The first-order valence-corrected chi connectivity index (χ1v) is 6.78. The van der Waals surface area contributed by atoms with Gasteiger partial charge in [-0.2, -0.15) is 11.8 Å². The Hall–Kier alpha value is -0.220. The molecule has 0 heterocycles. The van der Waals surface area contributed by atoms with Gasteiger partial charge in [0.05, 0.1) is 6.10 Å². The number of aliphatic hydroxyl groups excluding tert-OH is 1. The quantitative estimate of drug-likeness (QED) is 0.750. The molecule has 0 spiro atoms. The van der Waals surface area contributed by atoms with E-state index in [2.05, 4.69) is 0 Å². The monoisotopic (exact) mass is 231 g/mol. The number of carbonyl (C=O) groups excluding carboxylic acids is 1. The van der Waals surface area contributed by atoms with E-state index in [-0.39, 0.29) is 12.0 Å². The number of likely N-dealkylation sites (N-methyl/N-ethyl adjacent to an activating group) is 1. The Labute approximate surface area is 96.2 Å². The van der Waals surface area contributed by atoms with E-state index in [1.54, 1.807) is 23.7 Å². The number of rotatable bonds is 6. The normalized spacial score (nSPS) is 19.7. The molecule has 0 bridgehead atoms. The standard InChI is InChI=1S/C11H21NO2S/c1-8(15-3)6-11(14)12(2)7-10(13)9-4-5-9/h8-10,13H,4-7H2,1-3H3. The summed E-state index contributed by atoms with van der Waals surface area (Å²) in [7, 11) is 1.78. The van der Waals surface area contributed by atoms with Gasteiger partial charge in [-0.15, -0.1) is 0 Å². The number of aliphatic hydroxyl groups is 1. The first kappa shape index (κ1) is 12.8. The Kier molecular flexibility index (Phi) is 4.93. The number of hydrogen-bond donors (Lipinski definition) is 1. The van der Waals surface area contributed by atoms with Gasteiger partial charge in [0.2, 0.25) is 5.91 Å². The van der Waals surface area contributed by atoms with E-state index in [1.165, 1.54) is 0 Å². The van der Waals surface area contributed by atoms with Crippen LogP contribution in [-0.2, 0) is 4.79 Å². The molecule has 3 nitrogen and oxygen atoms in total. The van der Waals surface area contributed by atoms with Gasteiger partial charge in [0, 0.05) is 25.3 Å². The van der Waals surface area contributed by atoms with Crippen molar-refractivity contribution in [3.05, 3.63) is 0 Å². The molecule has 0 saturated heterocycles. The Morgan fingerprint density at radius 2 is 2.20 bits per heavy atom. The van der Waals surface area contributed by atoms with Gasteiger partial charge in [0.1, 0.15) is 0 Å². The minimum Gasteiger partial charge on any atom is -0.391 e. The molecule has 1 fully saturated rings. The summed E-state index contributed by atoms with van der Waals surface area (Å²) in [6.45, 7) is 2.54. The summed E-state index contributed by atoms with van der Waals surface area (Å²) in [6.07, 6.45) is 4.49. The SMILES string of the molecule is CSC(C)CC(=O)N(C)CC(O)C1CC1. The van der Waals surface area contributed by atoms with Crippen LogP contribution in [0.25, 0.3) is 0 Å². The van der Waals surface area contributed by atoms with Crippen molar-refractivity contribution >= 4 is 17.7 Å². The Bertz CT molecular complexity index is 219. The predicted molar refractivity (Wildman–Crippen MR) is 64.0 cm³/mol. The molecule has 1 aliphatic carbocycles. The Morgan fingerprint density at radius 3 is 2.67 bits per heavy atom. The number of carbonyl (C=O) groups is 1. The van der Waals surface area contributed by atoms with Crippen LogP contribution < -0.4 is 0 Å². The van der Waals surface area contributed by atoms with Gasteiger partial charge < -0.3 is 10.0 Å². The van der Waals surface area contributed by atoms with Crippen molar-refractivity contribution in [1.82, 2.24) is 4.90 Å². The molecule has 0 aliphatic heterocycles. The Morgan fingerprint density at radius 1 is 1.60 bits per heavy atom. The number of nitrogens with zero attached hydrogens (tertiary/aromatic N) is 1. The lowest BCUT2D eigenvalue weighted by molar-refractivity contribution is -0.131. The van der Waals surface area contributed by atoms with Gasteiger partial charge in [0.25, 0.3) is 0 Å². The highest BCUT2D eigenvalue weighted by molar-refractivity contribution is 7.99. The average molecular weight is 231 g/mol. The van der Waals surface area contributed by atoms with Crippen LogP contribution in [0.5, 0.6) is 0 Å². The highest BCUT2D eigenvalue weighted by Gasteiger charge is 2.31. The average Bonchev–Trinajstić information content (AvgIpc) is 3.00. The van der Waals surface area contributed by atoms with Gasteiger partial charge in [-0.25, -0.2) is 0 Å². The third-order valence-corrected chi connectivity index (χ3v) is 3.89. The zero-order valence-corrected chi connectivity index (χ0v) is 10.6. The van der Waals surface area contributed by atoms with E-state index in [0.29, 0.717) is 24.1 Å². The molecule has 1 aliphatic rings. The van der Waals surface area contributed by atoms with Crippen molar-refractivity contribution in [2.45, 2.75) is 37.5 Å². The Balaban J connectivity index is 2.25. The molecule has 2 unspecified atom stereocenters. The van der Waals surface area contributed by atoms with E-state index in [4.69, 9.17) is 0 Å². The van der Waals surface area contributed by atoms with Crippen molar-refractivity contribution < 1.29 is 9.90 Å². The second-order valence-electron chi connectivity index (χ2n) is 4.43. The molecular weight excluding hydrogens is 210 g/mol. The molecule has 1 saturated carbocycles. The topological polar surface area (TPSA) is 40.5 Å². The maximum absolute atomic E-state index is 11.7. The molecule has 4 heteroatoms. The highest BCUT2D eigenvalue weighted by atomic mass is 32.2. The lowest BCUT2D eigenvalue weighted by Gasteiger charge is -2.21. The van der Waals surface area contributed by atoms with Gasteiger partial charge >= 0.3 is 0 Å². The molecule has 1 rings (SSSR count). The van der Waals surface area contributed by atoms with Gasteiger partial charge in [-0.3, -0.25) is 4.79 Å². The number of hydrogen-bond acceptors (Lipinski definition) is 3. The molecule has 1 N–H and O–H groups in total. The van der Waals surface area contributed by atoms with E-state index < -0.39 is 0 Å². The molecule has 1 amide bonds. The van der Waals surface area contributed by atoms with Gasteiger partial charge in [-0.1, -0.05) is 6.92 Å². The van der Waals surface area contributed by atoms with Crippen molar-refractivity contribution in [2.24, 2.45) is 5.92 Å². The van der Waals surface area contributed by atoms with Crippen LogP contribution >= 0.6 is 11.8 Å². The van der Waals surface area contributed by atoms with Crippen LogP contribution in [0, 0.1) is 5.92 Å². The van der Waals surface area contributed by atoms with Crippen LogP contribution in [0.3, 0.4) is 0 Å². The van der Waals surface area contributed by atoms with E-state index in [9.17, 15) is 9.90 Å². The maximum Gasteiger partial charge on any atom is 0.223 e. The maximum atomic E-state index is 11.7. The summed E-state index contributed by atoms with van der Waals surface area (Å²) in [4.78, 5) is 13.4. The zero-order chi connectivity index (χ0) is 11.4. The third-order valence-electron chi connectivity index (χ3n) is 2.92. The largest absolute Gasteiger partial charge is 0.391 e. The van der Waals surface area contributed by atoms with Gasteiger partial charge in [-0.05, 0) is 25.0 Å². The van der Waals surface area contributed by atoms with Crippen molar-refractivity contribution in [1.29, 1.82) is 0 Å². The third kappa shape index (κ3) is 4.43. The minimum absolute atomic E-state index is 0.136. The molecule has 0 aromatic carbocycles. The van der Waals surface area contributed by atoms with Gasteiger partial charge in [0.15, 0.2) is 0 Å². The molecular formula is C11H21NO2S. The summed E-state index contributed by atoms with van der Waals surface area (Å²) < 4.78 is 0. The van der Waals surface area contributed by atoms with Crippen LogP contribution in [0.4, 0.5) is 0 Å². The molecule has 2 atom stereocenters. The van der Waals surface area contributed by atoms with E-state index >= 15 is 0 Å². The number of amides is 1. The fourth-order valence-electron chi connectivity index (χ4n) is 1.50. The molecule has 15 heavy (non-hydrogen) atoms. The highest BCUT2D eigenvalue weighted by Crippen LogP contribution is 2.32. The first-order chi connectivity index (χ1) is 7.04. The van der Waals surface area contributed by atoms with E-state index in [0.717, 1.165) is 12.8 Å². The van der Waals surface area contributed by atoms with Crippen LogP contribution in [-0.4, -0.2) is 47.1 Å². The number of thioether (sulfide) groups is 1. The fraction of sp³-hybridized carbons (Fsp3) is 0.909. The van der Waals surface area contributed by atoms with Crippen LogP contribution in [0.15, 0.2) is 0 Å². The van der Waals surface area contributed by atoms with Crippen molar-refractivity contribution in [3.63, 3.8) is 0 Å². The lowest BCUT2D eigenvalue weighted by Crippen LogP contribution is -2.36. The van der Waals surface area contributed by atoms with Crippen LogP contribution in [0.2, 0.25) is 0 Å². The van der Waals surface area contributed by atoms with Crippen LogP contribution in [0.1, 0.15) is 26.2 Å². The lowest BCUT2D eigenvalue weighted by atomic mass is 10.2. The summed E-state index contributed by atoms with van der Waals surface area (Å²) in [5.41, 5.74) is 0. The molecule has 0 aromatic heterocycles. The molecule has 0 radical (unpaired) electrons. The molecule has 88 valence electrons.